The maximum atomic E-state index is 12.4. The van der Waals surface area contributed by atoms with E-state index in [4.69, 9.17) is 0 Å². The average Bonchev–Trinajstić information content (AvgIpc) is 2.89. The molecule has 1 N–H and O–H groups in total. The monoisotopic (exact) mass is 291 g/mol. The van der Waals surface area contributed by atoms with E-state index in [0.29, 0.717) is 26.2 Å². The number of aromatic nitrogens is 1. The summed E-state index contributed by atoms with van der Waals surface area (Å²) in [5.41, 5.74) is 1.20. The first-order valence-electron chi connectivity index (χ1n) is 5.30. The lowest BCUT2D eigenvalue weighted by atomic mass is 10.4. The Bertz CT molecular complexity index is 534. The van der Waals surface area contributed by atoms with Crippen molar-refractivity contribution in [3.8, 4) is 0 Å². The Balaban J connectivity index is 2.35. The van der Waals surface area contributed by atoms with Crippen molar-refractivity contribution < 1.29 is 17.9 Å². The summed E-state index contributed by atoms with van der Waals surface area (Å²) in [6.45, 7) is 1.98. The number of methoxy groups -OCH3 is 1. The molecule has 1 aliphatic rings. The molecule has 0 unspecified atom stereocenters. The Kier molecular flexibility index (Phi) is 3.95. The van der Waals surface area contributed by atoms with E-state index in [2.05, 4.69) is 15.0 Å². The van der Waals surface area contributed by atoms with Crippen molar-refractivity contribution in [2.45, 2.75) is 4.21 Å². The second kappa shape index (κ2) is 5.31. The van der Waals surface area contributed by atoms with Gasteiger partial charge in [-0.1, -0.05) is 0 Å². The van der Waals surface area contributed by atoms with E-state index in [-0.39, 0.29) is 9.90 Å². The van der Waals surface area contributed by atoms with Gasteiger partial charge < -0.3 is 10.1 Å². The van der Waals surface area contributed by atoms with E-state index in [1.165, 1.54) is 16.9 Å². The van der Waals surface area contributed by atoms with Gasteiger partial charge in [0.25, 0.3) is 10.0 Å². The lowest BCUT2D eigenvalue weighted by Gasteiger charge is -2.25. The highest BCUT2D eigenvalue weighted by molar-refractivity contribution is 7.91. The van der Waals surface area contributed by atoms with Crippen LogP contribution in [0.4, 0.5) is 0 Å². The van der Waals surface area contributed by atoms with E-state index in [0.717, 1.165) is 11.3 Å². The van der Waals surface area contributed by atoms with Crippen LogP contribution in [-0.2, 0) is 14.8 Å². The summed E-state index contributed by atoms with van der Waals surface area (Å²) in [5.74, 6) is -0.732. The minimum Gasteiger partial charge on any atom is -0.464 e. The fraction of sp³-hybridized carbons (Fsp3) is 0.556. The first kappa shape index (κ1) is 13.4. The zero-order valence-electron chi connectivity index (χ0n) is 9.75. The molecule has 0 saturated carbocycles. The standard InChI is InChI=1S/C9H13N3O4S2/c1-16-8(13)7-9(17-6-11-7)18(14,15)12-4-2-10-3-5-12/h6,10H,2-5H2,1H3. The first-order valence-corrected chi connectivity index (χ1v) is 7.62. The van der Waals surface area contributed by atoms with Gasteiger partial charge in [-0.3, -0.25) is 0 Å². The molecule has 7 nitrogen and oxygen atoms in total. The number of sulfonamides is 1. The second-order valence-corrected chi connectivity index (χ2v) is 6.62. The van der Waals surface area contributed by atoms with Crippen LogP contribution in [0, 0.1) is 0 Å². The molecule has 1 aliphatic heterocycles. The van der Waals surface area contributed by atoms with Gasteiger partial charge in [0.05, 0.1) is 12.6 Å². The topological polar surface area (TPSA) is 88.6 Å². The van der Waals surface area contributed by atoms with Crippen LogP contribution in [0.25, 0.3) is 0 Å². The second-order valence-electron chi connectivity index (χ2n) is 3.63. The smallest absolute Gasteiger partial charge is 0.358 e. The molecule has 0 aliphatic carbocycles. The Morgan fingerprint density at radius 2 is 2.17 bits per heavy atom. The molecule has 100 valence electrons. The number of piperazine rings is 1. The van der Waals surface area contributed by atoms with E-state index in [9.17, 15) is 13.2 Å². The minimum atomic E-state index is -3.66. The highest BCUT2D eigenvalue weighted by atomic mass is 32.2. The quantitative estimate of drug-likeness (QED) is 0.757. The molecule has 1 aromatic rings. The molecule has 1 fully saturated rings. The lowest BCUT2D eigenvalue weighted by Crippen LogP contribution is -2.46. The zero-order valence-corrected chi connectivity index (χ0v) is 11.4. The highest BCUT2D eigenvalue weighted by Gasteiger charge is 2.32. The third-order valence-electron chi connectivity index (χ3n) is 2.56. The number of carbonyl (C=O) groups is 1. The Hall–Kier alpha value is -1.03. The van der Waals surface area contributed by atoms with Gasteiger partial charge >= 0.3 is 5.97 Å². The van der Waals surface area contributed by atoms with E-state index in [1.807, 2.05) is 0 Å². The Morgan fingerprint density at radius 3 is 2.78 bits per heavy atom. The van der Waals surface area contributed by atoms with Gasteiger partial charge in [0.1, 0.15) is 0 Å². The maximum absolute atomic E-state index is 12.4. The fourth-order valence-corrected chi connectivity index (χ4v) is 4.36. The molecule has 9 heteroatoms. The predicted molar refractivity (Wildman–Crippen MR) is 65.1 cm³/mol. The van der Waals surface area contributed by atoms with Gasteiger partial charge in [-0.25, -0.2) is 18.2 Å². The number of ether oxygens (including phenoxy) is 1. The number of esters is 1. The van der Waals surface area contributed by atoms with Gasteiger partial charge in [0.2, 0.25) is 0 Å². The van der Waals surface area contributed by atoms with Crippen molar-refractivity contribution in [2.75, 3.05) is 33.3 Å². The number of nitrogens with one attached hydrogen (secondary N) is 1. The summed E-state index contributed by atoms with van der Waals surface area (Å²) < 4.78 is 30.5. The van der Waals surface area contributed by atoms with Crippen LogP contribution < -0.4 is 5.32 Å². The van der Waals surface area contributed by atoms with Crippen molar-refractivity contribution in [1.29, 1.82) is 0 Å². The number of rotatable bonds is 3. The fourth-order valence-electron chi connectivity index (χ4n) is 1.65. The molecule has 2 rings (SSSR count). The summed E-state index contributed by atoms with van der Waals surface area (Å²) >= 11 is 0.932. The van der Waals surface area contributed by atoms with Gasteiger partial charge in [-0.2, -0.15) is 4.31 Å². The molecule has 2 heterocycles. The largest absolute Gasteiger partial charge is 0.464 e. The number of carbonyl (C=O) groups excluding carboxylic acids is 1. The molecule has 0 bridgehead atoms. The van der Waals surface area contributed by atoms with Crippen LogP contribution in [0.3, 0.4) is 0 Å². The average molecular weight is 291 g/mol. The summed E-state index contributed by atoms with van der Waals surface area (Å²) in [5, 5.41) is 3.07. The minimum absolute atomic E-state index is 0.0451. The zero-order chi connectivity index (χ0) is 13.2. The van der Waals surface area contributed by atoms with Crippen LogP contribution in [0.1, 0.15) is 10.5 Å². The van der Waals surface area contributed by atoms with Crippen LogP contribution in [0.15, 0.2) is 9.72 Å². The molecule has 0 atom stereocenters. The first-order chi connectivity index (χ1) is 8.57. The molecule has 1 aromatic heterocycles. The molecular weight excluding hydrogens is 278 g/mol. The highest BCUT2D eigenvalue weighted by Crippen LogP contribution is 2.24. The summed E-state index contributed by atoms with van der Waals surface area (Å²) in [6, 6.07) is 0. The molecule has 0 amide bonds. The van der Waals surface area contributed by atoms with Crippen molar-refractivity contribution >= 4 is 27.3 Å². The predicted octanol–water partition coefficient (Wildman–Crippen LogP) is -0.476. The normalized spacial score (nSPS) is 17.6. The number of nitrogens with zero attached hydrogens (tertiary/aromatic N) is 2. The maximum Gasteiger partial charge on any atom is 0.358 e. The van der Waals surface area contributed by atoms with Crippen molar-refractivity contribution in [3.05, 3.63) is 11.2 Å². The van der Waals surface area contributed by atoms with Gasteiger partial charge in [0, 0.05) is 26.2 Å². The molecule has 1 saturated heterocycles. The van der Waals surface area contributed by atoms with Gasteiger partial charge in [-0.15, -0.1) is 11.3 Å². The number of hydrogen-bond donors (Lipinski definition) is 1. The van der Waals surface area contributed by atoms with Gasteiger partial charge in [-0.05, 0) is 0 Å². The number of hydrogen-bond acceptors (Lipinski definition) is 7. The van der Waals surface area contributed by atoms with Crippen LogP contribution in [0.2, 0.25) is 0 Å². The SMILES string of the molecule is COC(=O)c1ncsc1S(=O)(=O)N1CCNCC1. The Labute approximate surface area is 109 Å². The van der Waals surface area contributed by atoms with Crippen molar-refractivity contribution in [1.82, 2.24) is 14.6 Å². The van der Waals surface area contributed by atoms with Crippen LogP contribution >= 0.6 is 11.3 Å². The van der Waals surface area contributed by atoms with Crippen molar-refractivity contribution in [2.24, 2.45) is 0 Å². The molecule has 18 heavy (non-hydrogen) atoms. The molecule has 0 radical (unpaired) electrons. The van der Waals surface area contributed by atoms with Crippen molar-refractivity contribution in [3.63, 3.8) is 0 Å². The summed E-state index contributed by atoms with van der Waals surface area (Å²) in [6.07, 6.45) is 0. The van der Waals surface area contributed by atoms with Crippen LogP contribution in [0.5, 0.6) is 0 Å². The van der Waals surface area contributed by atoms with E-state index in [1.54, 1.807) is 0 Å². The van der Waals surface area contributed by atoms with Gasteiger partial charge in [0.15, 0.2) is 9.90 Å². The number of thiazole rings is 1. The molecule has 0 aromatic carbocycles. The third kappa shape index (κ3) is 2.39. The summed E-state index contributed by atoms with van der Waals surface area (Å²) in [7, 11) is -2.46. The lowest BCUT2D eigenvalue weighted by molar-refractivity contribution is 0.0590. The Morgan fingerprint density at radius 1 is 1.50 bits per heavy atom. The molecule has 0 spiro atoms. The van der Waals surface area contributed by atoms with E-state index < -0.39 is 16.0 Å². The van der Waals surface area contributed by atoms with E-state index >= 15 is 0 Å². The van der Waals surface area contributed by atoms with Crippen LogP contribution in [-0.4, -0.2) is 57.0 Å². The third-order valence-corrected chi connectivity index (χ3v) is 5.81. The summed E-state index contributed by atoms with van der Waals surface area (Å²) in [4.78, 5) is 15.2. The molecular formula is C9H13N3O4S2.